The van der Waals surface area contributed by atoms with Crippen molar-refractivity contribution in [3.63, 3.8) is 0 Å². The summed E-state index contributed by atoms with van der Waals surface area (Å²) in [6, 6.07) is 9.14. The Bertz CT molecular complexity index is 1320. The van der Waals surface area contributed by atoms with Crippen LogP contribution in [0, 0.1) is 5.92 Å². The Morgan fingerprint density at radius 2 is 1.78 bits per heavy atom. The highest BCUT2D eigenvalue weighted by molar-refractivity contribution is 6.10. The van der Waals surface area contributed by atoms with Gasteiger partial charge in [-0.1, -0.05) is 25.3 Å². The smallest absolute Gasteiger partial charge is 0.258 e. The Balaban J connectivity index is 1.15. The maximum atomic E-state index is 13.5. The molecule has 3 heterocycles. The molecule has 1 aliphatic carbocycles. The van der Waals surface area contributed by atoms with Gasteiger partial charge in [0, 0.05) is 37.0 Å². The SMILES string of the molecule is O=C(c1n[nH]c2cc(O)c(C(=O)N3Cc4ccc(OCCN5CCCCC5)cc4C3)cc12)C1CCCC1. The van der Waals surface area contributed by atoms with Gasteiger partial charge in [0.25, 0.3) is 5.91 Å². The van der Waals surface area contributed by atoms with Crippen LogP contribution in [0.15, 0.2) is 30.3 Å². The van der Waals surface area contributed by atoms with Gasteiger partial charge in [-0.05, 0) is 68.1 Å². The lowest BCUT2D eigenvalue weighted by atomic mass is 9.97. The van der Waals surface area contributed by atoms with Crippen molar-refractivity contribution in [2.45, 2.75) is 58.0 Å². The number of carbonyl (C=O) groups is 2. The van der Waals surface area contributed by atoms with Crippen LogP contribution in [-0.4, -0.2) is 63.0 Å². The van der Waals surface area contributed by atoms with Crippen molar-refractivity contribution < 1.29 is 19.4 Å². The average Bonchev–Trinajstić information content (AvgIpc) is 3.67. The first-order valence-electron chi connectivity index (χ1n) is 13.6. The summed E-state index contributed by atoms with van der Waals surface area (Å²) in [6.45, 7) is 4.81. The number of nitrogens with one attached hydrogen (secondary N) is 1. The van der Waals surface area contributed by atoms with Gasteiger partial charge in [0.15, 0.2) is 5.78 Å². The molecule has 3 aromatic rings. The van der Waals surface area contributed by atoms with E-state index >= 15 is 0 Å². The minimum atomic E-state index is -0.261. The first-order valence-corrected chi connectivity index (χ1v) is 13.6. The van der Waals surface area contributed by atoms with Crippen molar-refractivity contribution in [2.24, 2.45) is 5.92 Å². The molecular formula is C29H34N4O4. The molecule has 1 amide bonds. The minimum absolute atomic E-state index is 0.0104. The molecular weight excluding hydrogens is 468 g/mol. The monoisotopic (exact) mass is 502 g/mol. The van der Waals surface area contributed by atoms with E-state index in [-0.39, 0.29) is 28.9 Å². The van der Waals surface area contributed by atoms with Crippen LogP contribution in [0.25, 0.3) is 10.9 Å². The highest BCUT2D eigenvalue weighted by Gasteiger charge is 2.30. The maximum absolute atomic E-state index is 13.5. The number of ether oxygens (including phenoxy) is 1. The Hall–Kier alpha value is -3.39. The second-order valence-corrected chi connectivity index (χ2v) is 10.7. The zero-order valence-electron chi connectivity index (χ0n) is 21.2. The summed E-state index contributed by atoms with van der Waals surface area (Å²) >= 11 is 0. The number of fused-ring (bicyclic) bond motifs is 2. The number of benzene rings is 2. The van der Waals surface area contributed by atoms with Crippen LogP contribution >= 0.6 is 0 Å². The van der Waals surface area contributed by atoms with Crippen LogP contribution < -0.4 is 4.74 Å². The number of aromatic hydroxyl groups is 1. The van der Waals surface area contributed by atoms with Crippen LogP contribution in [0.3, 0.4) is 0 Å². The normalized spacial score (nSPS) is 18.4. The largest absolute Gasteiger partial charge is 0.507 e. The van der Waals surface area contributed by atoms with Crippen molar-refractivity contribution in [3.8, 4) is 11.5 Å². The van der Waals surface area contributed by atoms with E-state index in [1.54, 1.807) is 11.0 Å². The summed E-state index contributed by atoms with van der Waals surface area (Å²) in [6.07, 6.45) is 7.74. The van der Waals surface area contributed by atoms with Crippen LogP contribution in [0.2, 0.25) is 0 Å². The molecule has 1 aromatic heterocycles. The fourth-order valence-corrected chi connectivity index (χ4v) is 6.04. The predicted octanol–water partition coefficient (Wildman–Crippen LogP) is 4.66. The lowest BCUT2D eigenvalue weighted by molar-refractivity contribution is 0.0748. The van der Waals surface area contributed by atoms with Gasteiger partial charge in [-0.15, -0.1) is 0 Å². The van der Waals surface area contributed by atoms with E-state index in [0.717, 1.165) is 62.2 Å². The number of hydrogen-bond acceptors (Lipinski definition) is 6. The molecule has 2 aliphatic heterocycles. The van der Waals surface area contributed by atoms with Crippen molar-refractivity contribution in [2.75, 3.05) is 26.2 Å². The molecule has 1 saturated carbocycles. The molecule has 194 valence electrons. The molecule has 8 nitrogen and oxygen atoms in total. The second-order valence-electron chi connectivity index (χ2n) is 10.7. The van der Waals surface area contributed by atoms with Gasteiger partial charge in [0.05, 0.1) is 11.1 Å². The quantitative estimate of drug-likeness (QED) is 0.456. The molecule has 0 unspecified atom stereocenters. The lowest BCUT2D eigenvalue weighted by Gasteiger charge is -2.26. The molecule has 2 fully saturated rings. The van der Waals surface area contributed by atoms with E-state index in [0.29, 0.717) is 36.3 Å². The Morgan fingerprint density at radius 1 is 1.00 bits per heavy atom. The summed E-state index contributed by atoms with van der Waals surface area (Å²) in [4.78, 5) is 30.7. The summed E-state index contributed by atoms with van der Waals surface area (Å²) in [5.74, 6) is 0.461. The molecule has 1 saturated heterocycles. The number of amides is 1. The number of rotatable bonds is 7. The molecule has 0 atom stereocenters. The maximum Gasteiger partial charge on any atom is 0.258 e. The Morgan fingerprint density at radius 3 is 2.59 bits per heavy atom. The van der Waals surface area contributed by atoms with Gasteiger partial charge in [0.1, 0.15) is 23.8 Å². The van der Waals surface area contributed by atoms with Crippen LogP contribution in [-0.2, 0) is 13.1 Å². The topological polar surface area (TPSA) is 98.8 Å². The van der Waals surface area contributed by atoms with Crippen molar-refractivity contribution in [1.29, 1.82) is 0 Å². The number of Topliss-reactive ketones (excluding diaryl/α,β-unsaturated/α-hetero) is 1. The molecule has 0 bridgehead atoms. The number of piperidine rings is 1. The third kappa shape index (κ3) is 4.82. The number of H-pyrrole nitrogens is 1. The van der Waals surface area contributed by atoms with Gasteiger partial charge < -0.3 is 14.7 Å². The summed E-state index contributed by atoms with van der Waals surface area (Å²) in [7, 11) is 0. The number of aromatic nitrogens is 2. The Labute approximate surface area is 216 Å². The predicted molar refractivity (Wildman–Crippen MR) is 140 cm³/mol. The molecule has 37 heavy (non-hydrogen) atoms. The number of phenolic OH excluding ortho intramolecular Hbond substituents is 1. The average molecular weight is 503 g/mol. The summed E-state index contributed by atoms with van der Waals surface area (Å²) < 4.78 is 6.02. The van der Waals surface area contributed by atoms with Gasteiger partial charge in [-0.2, -0.15) is 5.10 Å². The van der Waals surface area contributed by atoms with E-state index in [4.69, 9.17) is 4.74 Å². The minimum Gasteiger partial charge on any atom is -0.507 e. The highest BCUT2D eigenvalue weighted by Crippen LogP contribution is 2.34. The van der Waals surface area contributed by atoms with E-state index in [1.807, 2.05) is 18.2 Å². The van der Waals surface area contributed by atoms with Crippen LogP contribution in [0.5, 0.6) is 11.5 Å². The molecule has 6 rings (SSSR count). The van der Waals surface area contributed by atoms with Crippen molar-refractivity contribution in [1.82, 2.24) is 20.0 Å². The molecule has 0 radical (unpaired) electrons. The van der Waals surface area contributed by atoms with Crippen molar-refractivity contribution >= 4 is 22.6 Å². The fourth-order valence-electron chi connectivity index (χ4n) is 6.04. The van der Waals surface area contributed by atoms with E-state index in [9.17, 15) is 14.7 Å². The number of hydrogen-bond donors (Lipinski definition) is 2. The van der Waals surface area contributed by atoms with E-state index in [1.165, 1.54) is 25.3 Å². The molecule has 8 heteroatoms. The van der Waals surface area contributed by atoms with Gasteiger partial charge in [0.2, 0.25) is 0 Å². The van der Waals surface area contributed by atoms with Crippen LogP contribution in [0.1, 0.15) is 76.9 Å². The molecule has 0 spiro atoms. The number of likely N-dealkylation sites (tertiary alicyclic amines) is 1. The number of nitrogens with zero attached hydrogens (tertiary/aromatic N) is 3. The first kappa shape index (κ1) is 24.0. The molecule has 3 aliphatic rings. The molecule has 2 N–H and O–H groups in total. The van der Waals surface area contributed by atoms with Gasteiger partial charge in [-0.3, -0.25) is 19.6 Å². The fraction of sp³-hybridized carbons (Fsp3) is 0.483. The van der Waals surface area contributed by atoms with Crippen molar-refractivity contribution in [3.05, 3.63) is 52.7 Å². The lowest BCUT2D eigenvalue weighted by Crippen LogP contribution is -2.33. The van der Waals surface area contributed by atoms with E-state index < -0.39 is 0 Å². The summed E-state index contributed by atoms with van der Waals surface area (Å²) in [5.41, 5.74) is 3.26. The van der Waals surface area contributed by atoms with Gasteiger partial charge >= 0.3 is 0 Å². The number of ketones is 1. The zero-order chi connectivity index (χ0) is 25.4. The second kappa shape index (κ2) is 10.2. The van der Waals surface area contributed by atoms with Gasteiger partial charge in [-0.25, -0.2) is 0 Å². The van der Waals surface area contributed by atoms with E-state index in [2.05, 4.69) is 15.1 Å². The number of carbonyl (C=O) groups excluding carboxylic acids is 2. The summed E-state index contributed by atoms with van der Waals surface area (Å²) in [5, 5.41) is 18.4. The third-order valence-electron chi connectivity index (χ3n) is 8.18. The molecule has 2 aromatic carbocycles. The Kier molecular flexibility index (Phi) is 6.59. The first-order chi connectivity index (χ1) is 18.1. The highest BCUT2D eigenvalue weighted by atomic mass is 16.5. The number of aromatic amines is 1. The number of phenols is 1. The standard InChI is InChI=1S/C29H34N4O4/c34-26-16-25-23(27(31-30-25)28(35)19-6-2-3-7-19)15-24(26)29(36)33-17-20-8-9-22(14-21(20)18-33)37-13-12-32-10-4-1-5-11-32/h8-9,14-16,19,34H,1-7,10-13,17-18H2,(H,30,31). The third-order valence-corrected chi connectivity index (χ3v) is 8.18. The van der Waals surface area contributed by atoms with Crippen LogP contribution in [0.4, 0.5) is 0 Å². The zero-order valence-corrected chi connectivity index (χ0v) is 21.2.